The molecule has 1 amide bonds. The van der Waals surface area contributed by atoms with E-state index < -0.39 is 0 Å². The van der Waals surface area contributed by atoms with Crippen LogP contribution in [0, 0.1) is 17.3 Å². The fourth-order valence-electron chi connectivity index (χ4n) is 4.54. The zero-order chi connectivity index (χ0) is 16.6. The van der Waals surface area contributed by atoms with Crippen molar-refractivity contribution in [2.75, 3.05) is 31.1 Å². The van der Waals surface area contributed by atoms with Crippen molar-refractivity contribution in [2.24, 2.45) is 17.3 Å². The molecule has 5 nitrogen and oxygen atoms in total. The Morgan fingerprint density at radius 3 is 2.83 bits per heavy atom. The lowest BCUT2D eigenvalue weighted by molar-refractivity contribution is -0.140. The van der Waals surface area contributed by atoms with Crippen LogP contribution in [0.3, 0.4) is 0 Å². The fourth-order valence-corrected chi connectivity index (χ4v) is 4.54. The van der Waals surface area contributed by atoms with E-state index in [1.807, 2.05) is 6.20 Å². The molecule has 2 fully saturated rings. The first kappa shape index (κ1) is 15.6. The van der Waals surface area contributed by atoms with Gasteiger partial charge in [0.25, 0.3) is 0 Å². The molecule has 3 heterocycles. The molecule has 1 aliphatic carbocycles. The third kappa shape index (κ3) is 2.80. The molecule has 3 atom stereocenters. The second kappa shape index (κ2) is 6.19. The summed E-state index contributed by atoms with van der Waals surface area (Å²) < 4.78 is 0. The number of piperidine rings is 1. The minimum Gasteiger partial charge on any atom is -0.355 e. The van der Waals surface area contributed by atoms with Crippen LogP contribution in [0.1, 0.15) is 32.6 Å². The molecule has 3 unspecified atom stereocenters. The summed E-state index contributed by atoms with van der Waals surface area (Å²) >= 11 is 0. The number of amides is 1. The lowest BCUT2D eigenvalue weighted by Gasteiger charge is -2.34. The highest BCUT2D eigenvalue weighted by Gasteiger charge is 2.44. The molecule has 5 heteroatoms. The largest absolute Gasteiger partial charge is 0.355 e. The van der Waals surface area contributed by atoms with Gasteiger partial charge in [-0.3, -0.25) is 9.78 Å². The van der Waals surface area contributed by atoms with Crippen molar-refractivity contribution in [3.05, 3.63) is 30.7 Å². The zero-order valence-corrected chi connectivity index (χ0v) is 14.4. The molecule has 4 rings (SSSR count). The van der Waals surface area contributed by atoms with Gasteiger partial charge in [0.05, 0.1) is 11.6 Å². The number of fused-ring (bicyclic) bond motifs is 1. The van der Waals surface area contributed by atoms with Crippen LogP contribution >= 0.6 is 0 Å². The number of hydrogen-bond donors (Lipinski definition) is 0. The second-order valence-electron chi connectivity index (χ2n) is 7.80. The number of carbonyl (C=O) groups excluding carboxylic acids is 1. The Morgan fingerprint density at radius 2 is 2.08 bits per heavy atom. The van der Waals surface area contributed by atoms with Crippen LogP contribution in [0.4, 0.5) is 5.82 Å². The average molecular weight is 326 g/mol. The number of rotatable bonds is 2. The summed E-state index contributed by atoms with van der Waals surface area (Å²) in [6.45, 7) is 6.00. The number of carbonyl (C=O) groups is 1. The molecular formula is C19H26N4O. The number of anilines is 1. The van der Waals surface area contributed by atoms with E-state index >= 15 is 0 Å². The van der Waals surface area contributed by atoms with E-state index in [2.05, 4.69) is 38.8 Å². The van der Waals surface area contributed by atoms with E-state index in [0.29, 0.717) is 17.7 Å². The number of allylic oxidation sites excluding steroid dienone is 2. The predicted octanol–water partition coefficient (Wildman–Crippen LogP) is 2.51. The average Bonchev–Trinajstić information content (AvgIpc) is 3.05. The third-order valence-electron chi connectivity index (χ3n) is 6.08. The molecule has 24 heavy (non-hydrogen) atoms. The molecule has 3 aliphatic rings. The lowest BCUT2D eigenvalue weighted by atomic mass is 9.78. The summed E-state index contributed by atoms with van der Waals surface area (Å²) in [4.78, 5) is 26.2. The molecule has 0 spiro atoms. The Morgan fingerprint density at radius 1 is 1.21 bits per heavy atom. The van der Waals surface area contributed by atoms with Gasteiger partial charge in [-0.2, -0.15) is 0 Å². The summed E-state index contributed by atoms with van der Waals surface area (Å²) in [7, 11) is 0. The molecule has 1 aromatic heterocycles. The van der Waals surface area contributed by atoms with E-state index in [1.165, 1.54) is 0 Å². The van der Waals surface area contributed by atoms with Gasteiger partial charge in [-0.15, -0.1) is 0 Å². The molecule has 0 bridgehead atoms. The van der Waals surface area contributed by atoms with Crippen LogP contribution in [-0.2, 0) is 4.79 Å². The first-order chi connectivity index (χ1) is 11.7. The second-order valence-corrected chi connectivity index (χ2v) is 7.80. The number of aromatic nitrogens is 2. The van der Waals surface area contributed by atoms with Crippen molar-refractivity contribution in [1.29, 1.82) is 0 Å². The van der Waals surface area contributed by atoms with Crippen molar-refractivity contribution in [2.45, 2.75) is 32.6 Å². The molecule has 0 N–H and O–H groups in total. The van der Waals surface area contributed by atoms with Gasteiger partial charge < -0.3 is 9.80 Å². The normalized spacial score (nSPS) is 32.7. The first-order valence-corrected chi connectivity index (χ1v) is 9.11. The maximum Gasteiger partial charge on any atom is 0.228 e. The molecule has 1 aromatic rings. The zero-order valence-electron chi connectivity index (χ0n) is 14.4. The molecule has 2 saturated heterocycles. The SMILES string of the molecule is CC1(C(=O)N2CC3CCN(c4cnccn4)CC3C2)CC=CCC1. The smallest absolute Gasteiger partial charge is 0.228 e. The van der Waals surface area contributed by atoms with Gasteiger partial charge in [0.2, 0.25) is 5.91 Å². The quantitative estimate of drug-likeness (QED) is 0.784. The van der Waals surface area contributed by atoms with Crippen LogP contribution in [0.5, 0.6) is 0 Å². The highest BCUT2D eigenvalue weighted by atomic mass is 16.2. The van der Waals surface area contributed by atoms with Gasteiger partial charge in [0, 0.05) is 38.6 Å². The van der Waals surface area contributed by atoms with Crippen LogP contribution < -0.4 is 4.90 Å². The summed E-state index contributed by atoms with van der Waals surface area (Å²) in [5, 5.41) is 0. The lowest BCUT2D eigenvalue weighted by Crippen LogP contribution is -2.42. The predicted molar refractivity (Wildman–Crippen MR) is 93.5 cm³/mol. The molecule has 0 saturated carbocycles. The Hall–Kier alpha value is -1.91. The summed E-state index contributed by atoms with van der Waals surface area (Å²) in [6.07, 6.45) is 13.7. The van der Waals surface area contributed by atoms with Crippen molar-refractivity contribution < 1.29 is 4.79 Å². The molecule has 128 valence electrons. The van der Waals surface area contributed by atoms with E-state index in [4.69, 9.17) is 0 Å². The Labute approximate surface area is 143 Å². The molecular weight excluding hydrogens is 300 g/mol. The number of hydrogen-bond acceptors (Lipinski definition) is 4. The monoisotopic (exact) mass is 326 g/mol. The third-order valence-corrected chi connectivity index (χ3v) is 6.08. The van der Waals surface area contributed by atoms with E-state index in [-0.39, 0.29) is 5.41 Å². The van der Waals surface area contributed by atoms with Gasteiger partial charge in [-0.25, -0.2) is 4.98 Å². The maximum absolute atomic E-state index is 13.1. The Balaban J connectivity index is 1.43. The van der Waals surface area contributed by atoms with Crippen molar-refractivity contribution in [3.63, 3.8) is 0 Å². The van der Waals surface area contributed by atoms with Crippen molar-refractivity contribution in [3.8, 4) is 0 Å². The fraction of sp³-hybridized carbons (Fsp3) is 0.632. The molecule has 0 radical (unpaired) electrons. The van der Waals surface area contributed by atoms with E-state index in [1.54, 1.807) is 12.4 Å². The van der Waals surface area contributed by atoms with Crippen LogP contribution in [-0.4, -0.2) is 47.0 Å². The Bertz CT molecular complexity index is 632. The first-order valence-electron chi connectivity index (χ1n) is 9.11. The minimum atomic E-state index is -0.188. The topological polar surface area (TPSA) is 49.3 Å². The summed E-state index contributed by atoms with van der Waals surface area (Å²) in [5.74, 6) is 2.54. The number of nitrogens with zero attached hydrogens (tertiary/aromatic N) is 4. The van der Waals surface area contributed by atoms with Crippen LogP contribution in [0.25, 0.3) is 0 Å². The molecule has 0 aromatic carbocycles. The van der Waals surface area contributed by atoms with Gasteiger partial charge >= 0.3 is 0 Å². The highest BCUT2D eigenvalue weighted by Crippen LogP contribution is 2.38. The van der Waals surface area contributed by atoms with Crippen molar-refractivity contribution >= 4 is 11.7 Å². The van der Waals surface area contributed by atoms with Crippen LogP contribution in [0.2, 0.25) is 0 Å². The van der Waals surface area contributed by atoms with Crippen molar-refractivity contribution in [1.82, 2.24) is 14.9 Å². The number of likely N-dealkylation sites (tertiary alicyclic amines) is 1. The summed E-state index contributed by atoms with van der Waals surface area (Å²) in [6, 6.07) is 0. The van der Waals surface area contributed by atoms with Gasteiger partial charge in [0.1, 0.15) is 5.82 Å². The molecule has 2 aliphatic heterocycles. The summed E-state index contributed by atoms with van der Waals surface area (Å²) in [5.41, 5.74) is -0.188. The van der Waals surface area contributed by atoms with Crippen LogP contribution in [0.15, 0.2) is 30.7 Å². The Kier molecular flexibility index (Phi) is 4.02. The van der Waals surface area contributed by atoms with E-state index in [9.17, 15) is 4.79 Å². The minimum absolute atomic E-state index is 0.188. The maximum atomic E-state index is 13.1. The highest BCUT2D eigenvalue weighted by molar-refractivity contribution is 5.83. The van der Waals surface area contributed by atoms with E-state index in [0.717, 1.165) is 57.7 Å². The van der Waals surface area contributed by atoms with Gasteiger partial charge in [-0.1, -0.05) is 19.1 Å². The van der Waals surface area contributed by atoms with Gasteiger partial charge in [-0.05, 0) is 37.5 Å². The van der Waals surface area contributed by atoms with Gasteiger partial charge in [0.15, 0.2) is 0 Å². The standard InChI is InChI=1S/C19H26N4O/c1-19(6-3-2-4-7-19)18(24)23-12-15-5-10-22(13-16(15)14-23)17-11-20-8-9-21-17/h2-3,8-9,11,15-16H,4-7,10,12-14H2,1H3.